The third-order valence-corrected chi connectivity index (χ3v) is 7.63. The number of hydrogen-bond acceptors (Lipinski definition) is 7. The number of methoxy groups -OCH3 is 1. The zero-order chi connectivity index (χ0) is 31.4. The number of nitrogens with zero attached hydrogens (tertiary/aromatic N) is 4. The van der Waals surface area contributed by atoms with Crippen LogP contribution in [0.15, 0.2) is 77.2 Å². The molecule has 10 nitrogen and oxygen atoms in total. The van der Waals surface area contributed by atoms with Crippen molar-refractivity contribution in [3.05, 3.63) is 95.6 Å². The number of hydrogen-bond donors (Lipinski definition) is 2. The highest BCUT2D eigenvalue weighted by Crippen LogP contribution is 2.33. The first kappa shape index (κ1) is 31.3. The quantitative estimate of drug-likeness (QED) is 0.251. The highest BCUT2D eigenvalue weighted by molar-refractivity contribution is 7.92. The molecule has 13 heteroatoms. The van der Waals surface area contributed by atoms with E-state index in [4.69, 9.17) is 14.7 Å². The smallest absolute Gasteiger partial charge is 0.320 e. The largest absolute Gasteiger partial charge is 0.383 e. The van der Waals surface area contributed by atoms with Crippen LogP contribution < -0.4 is 10.6 Å². The number of rotatable bonds is 9. The van der Waals surface area contributed by atoms with E-state index in [9.17, 15) is 17.8 Å². The molecule has 5 rings (SSSR count). The van der Waals surface area contributed by atoms with Crippen LogP contribution in [0.25, 0.3) is 16.9 Å². The Hall–Kier alpha value is -4.17. The number of nitrogens with one attached hydrogen (secondary N) is 2. The third kappa shape index (κ3) is 7.30. The van der Waals surface area contributed by atoms with Gasteiger partial charge < -0.3 is 10.1 Å². The van der Waals surface area contributed by atoms with Crippen LogP contribution in [-0.4, -0.2) is 70.4 Å². The molecule has 4 aromatic rings. The summed E-state index contributed by atoms with van der Waals surface area (Å²) in [5.74, 6) is -1.52. The fourth-order valence-corrected chi connectivity index (χ4v) is 5.58. The van der Waals surface area contributed by atoms with Crippen LogP contribution in [-0.2, 0) is 19.3 Å². The molecular weight excluding hydrogens is 590 g/mol. The van der Waals surface area contributed by atoms with Crippen molar-refractivity contribution in [3.63, 3.8) is 0 Å². The number of para-hydroxylation sites is 1. The lowest BCUT2D eigenvalue weighted by atomic mass is 10.0. The van der Waals surface area contributed by atoms with Crippen LogP contribution in [0, 0.1) is 18.6 Å². The maximum atomic E-state index is 14.1. The maximum Gasteiger partial charge on any atom is 0.320 e. The number of amides is 2. The summed E-state index contributed by atoms with van der Waals surface area (Å²) in [5.41, 5.74) is 3.85. The molecule has 0 spiro atoms. The van der Waals surface area contributed by atoms with Gasteiger partial charge in [0.2, 0.25) is 0 Å². The van der Waals surface area contributed by atoms with Crippen molar-refractivity contribution in [2.75, 3.05) is 44.6 Å². The zero-order valence-corrected chi connectivity index (χ0v) is 25.6. The van der Waals surface area contributed by atoms with E-state index in [0.717, 1.165) is 23.4 Å². The normalized spacial score (nSPS) is 17.0. The van der Waals surface area contributed by atoms with Crippen LogP contribution in [0.1, 0.15) is 17.2 Å². The van der Waals surface area contributed by atoms with Gasteiger partial charge in [0.15, 0.2) is 11.6 Å². The summed E-state index contributed by atoms with van der Waals surface area (Å²) in [6, 6.07) is 19.0. The number of urea groups is 1. The topological polar surface area (TPSA) is 110 Å². The number of hydroxylamine groups is 2. The molecule has 2 heterocycles. The summed E-state index contributed by atoms with van der Waals surface area (Å²) in [7, 11) is -0.746. The van der Waals surface area contributed by atoms with Gasteiger partial charge in [-0.15, -0.1) is 0 Å². The number of aromatic nitrogens is 2. The highest BCUT2D eigenvalue weighted by atomic mass is 32.2. The third-order valence-electron chi connectivity index (χ3n) is 6.98. The Morgan fingerprint density at radius 1 is 1.09 bits per heavy atom. The van der Waals surface area contributed by atoms with Crippen LogP contribution >= 0.6 is 0 Å². The molecule has 232 valence electrons. The van der Waals surface area contributed by atoms with E-state index in [2.05, 4.69) is 15.0 Å². The van der Waals surface area contributed by atoms with E-state index in [-0.39, 0.29) is 0 Å². The molecule has 1 aliphatic rings. The van der Waals surface area contributed by atoms with Gasteiger partial charge in [-0.1, -0.05) is 36.4 Å². The van der Waals surface area contributed by atoms with Gasteiger partial charge in [-0.3, -0.25) is 10.2 Å². The Morgan fingerprint density at radius 3 is 2.48 bits per heavy atom. The molecule has 0 unspecified atom stereocenters. The Kier molecular flexibility index (Phi) is 9.39. The summed E-state index contributed by atoms with van der Waals surface area (Å²) in [6.45, 7) is 2.95. The van der Waals surface area contributed by atoms with Gasteiger partial charge in [0.1, 0.15) is 11.9 Å². The van der Waals surface area contributed by atoms with Gasteiger partial charge in [-0.2, -0.15) is 14.5 Å². The van der Waals surface area contributed by atoms with E-state index >= 15 is 0 Å². The Labute approximate surface area is 255 Å². The monoisotopic (exact) mass is 624 g/mol. The van der Waals surface area contributed by atoms with Crippen molar-refractivity contribution in [1.29, 1.82) is 0 Å². The fraction of sp³-hybridized carbons (Fsp3) is 0.290. The van der Waals surface area contributed by atoms with Gasteiger partial charge in [-0.05, 0) is 48.9 Å². The van der Waals surface area contributed by atoms with Crippen LogP contribution in [0.5, 0.6) is 0 Å². The molecule has 1 saturated heterocycles. The molecule has 2 N–H and O–H groups in total. The van der Waals surface area contributed by atoms with E-state index in [1.165, 1.54) is 6.07 Å². The van der Waals surface area contributed by atoms with Crippen molar-refractivity contribution in [2.24, 2.45) is 4.36 Å². The van der Waals surface area contributed by atoms with Gasteiger partial charge in [0.05, 0.1) is 29.7 Å². The van der Waals surface area contributed by atoms with Crippen molar-refractivity contribution >= 4 is 27.3 Å². The van der Waals surface area contributed by atoms with Gasteiger partial charge in [-0.25, -0.2) is 22.5 Å². The molecule has 44 heavy (non-hydrogen) atoms. The number of anilines is 1. The minimum atomic E-state index is -2.31. The first-order valence-electron chi connectivity index (χ1n) is 13.9. The summed E-state index contributed by atoms with van der Waals surface area (Å²) in [6.07, 6.45) is 2.39. The van der Waals surface area contributed by atoms with E-state index in [0.29, 0.717) is 48.0 Å². The predicted octanol–water partition coefficient (Wildman–Crippen LogP) is 5.61. The second-order valence-electron chi connectivity index (χ2n) is 10.7. The van der Waals surface area contributed by atoms with Crippen LogP contribution in [0.4, 0.5) is 25.1 Å². The first-order chi connectivity index (χ1) is 21.0. The molecule has 1 aliphatic heterocycles. The molecule has 1 fully saturated rings. The lowest BCUT2D eigenvalue weighted by molar-refractivity contribution is -0.154. The SMILES string of the molecule is COCCN1C[C@@H](NC(=O)Nc2c(C)c(-c3ccc(N=S(C)(C)=O)cc3)nn2-c2ccccc2)[C@H](c2ccc(F)c(F)c2)O1. The van der Waals surface area contributed by atoms with Crippen LogP contribution in [0.2, 0.25) is 0 Å². The Bertz CT molecular complexity index is 1750. The zero-order valence-electron chi connectivity index (χ0n) is 24.8. The summed E-state index contributed by atoms with van der Waals surface area (Å²) >= 11 is 0. The number of ether oxygens (including phenoxy) is 1. The second-order valence-corrected chi connectivity index (χ2v) is 13.2. The number of carbonyl (C=O) groups excluding carboxylic acids is 1. The second kappa shape index (κ2) is 13.2. The lowest BCUT2D eigenvalue weighted by Gasteiger charge is -2.20. The van der Waals surface area contributed by atoms with Gasteiger partial charge in [0.25, 0.3) is 0 Å². The lowest BCUT2D eigenvalue weighted by Crippen LogP contribution is -2.42. The number of halogens is 2. The van der Waals surface area contributed by atoms with Gasteiger partial charge >= 0.3 is 6.03 Å². The highest BCUT2D eigenvalue weighted by Gasteiger charge is 2.37. The Morgan fingerprint density at radius 2 is 1.82 bits per heavy atom. The van der Waals surface area contributed by atoms with Crippen molar-refractivity contribution in [2.45, 2.75) is 19.1 Å². The molecule has 0 radical (unpaired) electrons. The van der Waals surface area contributed by atoms with Crippen LogP contribution in [0.3, 0.4) is 0 Å². The van der Waals surface area contributed by atoms with E-state index in [1.807, 2.05) is 49.4 Å². The molecule has 0 aliphatic carbocycles. The maximum absolute atomic E-state index is 14.1. The number of carbonyl (C=O) groups is 1. The predicted molar refractivity (Wildman–Crippen MR) is 165 cm³/mol. The van der Waals surface area contributed by atoms with Crippen molar-refractivity contribution in [3.8, 4) is 16.9 Å². The number of benzene rings is 3. The minimum Gasteiger partial charge on any atom is -0.383 e. The molecule has 2 atom stereocenters. The van der Waals surface area contributed by atoms with Gasteiger partial charge in [0, 0.05) is 53.6 Å². The summed E-state index contributed by atoms with van der Waals surface area (Å²) < 4.78 is 50.9. The molecular formula is C31H34F2N6O4S. The van der Waals surface area contributed by atoms with Crippen molar-refractivity contribution in [1.82, 2.24) is 20.2 Å². The molecule has 0 bridgehead atoms. The standard InChI is InChI=1S/C31H34F2N6O4S/c1-20-28(21-10-13-23(14-11-21)37-44(3,4)41)36-39(24-8-6-5-7-9-24)30(20)35-31(40)34-27-19-38(16-17-42-2)43-29(27)22-12-15-25(32)26(33)18-22/h5-15,18,27,29H,16-17,19H2,1-4H3,(H2,34,35,40)/t27-,29+/m1/s1. The molecule has 3 aromatic carbocycles. The molecule has 0 saturated carbocycles. The molecule has 2 amide bonds. The fourth-order valence-electron chi connectivity index (χ4n) is 4.95. The average molecular weight is 625 g/mol. The van der Waals surface area contributed by atoms with E-state index < -0.39 is 39.5 Å². The first-order valence-corrected chi connectivity index (χ1v) is 16.2. The minimum absolute atomic E-state index is 0.294. The average Bonchev–Trinajstić information content (AvgIpc) is 3.53. The van der Waals surface area contributed by atoms with Crippen molar-refractivity contribution < 1.29 is 27.4 Å². The van der Waals surface area contributed by atoms with E-state index in [1.54, 1.807) is 41.5 Å². The summed E-state index contributed by atoms with van der Waals surface area (Å²) in [5, 5.41) is 12.4. The summed E-state index contributed by atoms with van der Waals surface area (Å²) in [4.78, 5) is 19.5. The Balaban J connectivity index is 1.43. The molecule has 1 aromatic heterocycles.